The van der Waals surface area contributed by atoms with Gasteiger partial charge in [0.1, 0.15) is 5.71 Å². The van der Waals surface area contributed by atoms with E-state index in [1.165, 1.54) is 5.56 Å². The topological polar surface area (TPSA) is 103 Å². The number of imidazole rings is 1. The van der Waals surface area contributed by atoms with Crippen LogP contribution >= 0.6 is 28.4 Å². The molecular formula is C19H22IN6OP. The molecule has 1 aromatic heterocycles. The van der Waals surface area contributed by atoms with E-state index in [-0.39, 0.29) is 0 Å². The predicted molar refractivity (Wildman–Crippen MR) is 125 cm³/mol. The van der Waals surface area contributed by atoms with E-state index in [0.717, 1.165) is 55.1 Å². The van der Waals surface area contributed by atoms with Crippen molar-refractivity contribution in [2.75, 3.05) is 37.1 Å². The molecule has 1 aliphatic heterocycles. The van der Waals surface area contributed by atoms with Crippen LogP contribution in [0.25, 0.3) is 11.0 Å². The Morgan fingerprint density at radius 2 is 2.11 bits per heavy atom. The molecule has 1 unspecified atom stereocenters. The molecule has 4 rings (SSSR count). The molecule has 1 fully saturated rings. The lowest BCUT2D eigenvalue weighted by Gasteiger charge is -2.26. The summed E-state index contributed by atoms with van der Waals surface area (Å²) < 4.78 is 5.42. The number of aromatic amines is 1. The molecule has 1 aliphatic rings. The summed E-state index contributed by atoms with van der Waals surface area (Å²) in [5.41, 5.74) is 11.6. The molecule has 1 saturated heterocycles. The van der Waals surface area contributed by atoms with E-state index < -0.39 is 0 Å². The number of halogens is 1. The van der Waals surface area contributed by atoms with Gasteiger partial charge in [-0.25, -0.2) is 4.98 Å². The van der Waals surface area contributed by atoms with Crippen LogP contribution in [0.1, 0.15) is 17.0 Å². The maximum absolute atomic E-state index is 8.67. The van der Waals surface area contributed by atoms with Gasteiger partial charge in [0.05, 0.1) is 24.2 Å². The summed E-state index contributed by atoms with van der Waals surface area (Å²) in [6.07, 6.45) is 0.508. The third-order valence-electron chi connectivity index (χ3n) is 4.79. The van der Waals surface area contributed by atoms with Crippen molar-refractivity contribution in [3.8, 4) is 0 Å². The highest BCUT2D eigenvalue weighted by Crippen LogP contribution is 2.29. The Hall–Kier alpha value is -1.74. The maximum atomic E-state index is 8.67. The number of hydrogen-bond acceptors (Lipinski definition) is 6. The summed E-state index contributed by atoms with van der Waals surface area (Å²) >= 11 is 2.27. The average Bonchev–Trinajstić information content (AvgIpc) is 3.13. The molecular weight excluding hydrogens is 486 g/mol. The summed E-state index contributed by atoms with van der Waals surface area (Å²) in [5.74, 6) is 0.545. The fourth-order valence-corrected chi connectivity index (χ4v) is 4.54. The highest BCUT2D eigenvalue weighted by Gasteiger charge is 2.16. The number of nitrogens with one attached hydrogen (secondary N) is 3. The lowest BCUT2D eigenvalue weighted by atomic mass is 10.1. The first-order valence-electron chi connectivity index (χ1n) is 9.03. The minimum Gasteiger partial charge on any atom is -0.399 e. The zero-order valence-corrected chi connectivity index (χ0v) is 18.4. The van der Waals surface area contributed by atoms with Gasteiger partial charge in [0.2, 0.25) is 0 Å². The Bertz CT molecular complexity index is 1000. The molecule has 7 nitrogen and oxygen atoms in total. The first kappa shape index (κ1) is 19.6. The van der Waals surface area contributed by atoms with E-state index in [4.69, 9.17) is 15.9 Å². The molecule has 1 atom stereocenters. The second-order valence-electron chi connectivity index (χ2n) is 6.72. The number of nitrogens with two attached hydrogens (primary N) is 1. The maximum Gasteiger partial charge on any atom is 0.157 e. The number of aromatic nitrogens is 2. The molecule has 0 bridgehead atoms. The van der Waals surface area contributed by atoms with Gasteiger partial charge in [-0.3, -0.25) is 10.3 Å². The quantitative estimate of drug-likeness (QED) is 0.176. The fraction of sp³-hybridized carbons (Fsp3) is 0.263. The van der Waals surface area contributed by atoms with E-state index in [2.05, 4.69) is 54.1 Å². The van der Waals surface area contributed by atoms with Crippen LogP contribution in [0.15, 0.2) is 36.4 Å². The molecule has 0 saturated carbocycles. The molecule has 2 heterocycles. The normalized spacial score (nSPS) is 15.5. The van der Waals surface area contributed by atoms with Gasteiger partial charge in [-0.1, -0.05) is 6.07 Å². The smallest absolute Gasteiger partial charge is 0.157 e. The van der Waals surface area contributed by atoms with E-state index in [9.17, 15) is 0 Å². The summed E-state index contributed by atoms with van der Waals surface area (Å²) in [5, 5.41) is 12.0. The van der Waals surface area contributed by atoms with Crippen LogP contribution in [0.4, 0.5) is 11.4 Å². The van der Waals surface area contributed by atoms with Gasteiger partial charge in [0.15, 0.2) is 5.82 Å². The van der Waals surface area contributed by atoms with Crippen LogP contribution in [0.5, 0.6) is 0 Å². The Labute approximate surface area is 178 Å². The van der Waals surface area contributed by atoms with Gasteiger partial charge >= 0.3 is 0 Å². The molecule has 3 aromatic rings. The average molecular weight is 508 g/mol. The molecule has 2 aromatic carbocycles. The third kappa shape index (κ3) is 4.30. The molecule has 0 radical (unpaired) electrons. The Morgan fingerprint density at radius 3 is 2.89 bits per heavy atom. The lowest BCUT2D eigenvalue weighted by Crippen LogP contribution is -2.35. The first-order chi connectivity index (χ1) is 13.6. The summed E-state index contributed by atoms with van der Waals surface area (Å²) in [4.78, 5) is 10.3. The van der Waals surface area contributed by atoms with Crippen molar-refractivity contribution in [3.63, 3.8) is 0 Å². The summed E-state index contributed by atoms with van der Waals surface area (Å²) in [6.45, 7) is 4.40. The fourth-order valence-electron chi connectivity index (χ4n) is 3.35. The zero-order valence-electron chi connectivity index (χ0n) is 15.3. The Balaban J connectivity index is 1.61. The molecule has 0 spiro atoms. The van der Waals surface area contributed by atoms with Crippen LogP contribution in [-0.4, -0.2) is 46.9 Å². The number of nitrogens with zero attached hydrogens (tertiary/aromatic N) is 2. The SMILES string of the molecule is N=C(c1nc2ccc(CN3CCOCC3)cc2[nH]1)c1cc(N)ccc1NPI. The predicted octanol–water partition coefficient (Wildman–Crippen LogP) is 3.75. The highest BCUT2D eigenvalue weighted by molar-refractivity contribution is 14.2. The van der Waals surface area contributed by atoms with Gasteiger partial charge in [0, 0.05) is 42.9 Å². The number of ether oxygens (including phenoxy) is 1. The van der Waals surface area contributed by atoms with Gasteiger partial charge in [-0.15, -0.1) is 0 Å². The van der Waals surface area contributed by atoms with Crippen molar-refractivity contribution in [3.05, 3.63) is 53.3 Å². The number of fused-ring (bicyclic) bond motifs is 1. The molecule has 0 aliphatic carbocycles. The van der Waals surface area contributed by atoms with E-state index in [1.54, 1.807) is 0 Å². The molecule has 9 heteroatoms. The number of rotatable bonds is 6. The molecule has 28 heavy (non-hydrogen) atoms. The van der Waals surface area contributed by atoms with Crippen LogP contribution in [0.2, 0.25) is 0 Å². The molecule has 0 amide bonds. The van der Waals surface area contributed by atoms with Gasteiger partial charge < -0.3 is 20.5 Å². The van der Waals surface area contributed by atoms with Gasteiger partial charge in [-0.05, 0) is 57.9 Å². The Morgan fingerprint density at radius 1 is 1.29 bits per heavy atom. The van der Waals surface area contributed by atoms with Crippen molar-refractivity contribution >= 4 is 56.5 Å². The monoisotopic (exact) mass is 508 g/mol. The van der Waals surface area contributed by atoms with Crippen LogP contribution < -0.4 is 10.8 Å². The number of anilines is 2. The van der Waals surface area contributed by atoms with Crippen molar-refractivity contribution in [1.82, 2.24) is 14.9 Å². The van der Waals surface area contributed by atoms with Gasteiger partial charge in [-0.2, -0.15) is 0 Å². The van der Waals surface area contributed by atoms with Crippen LogP contribution in [-0.2, 0) is 11.3 Å². The number of morpholine rings is 1. The molecule has 146 valence electrons. The van der Waals surface area contributed by atoms with Crippen LogP contribution in [0, 0.1) is 5.41 Å². The number of H-pyrrole nitrogens is 1. The first-order valence-corrected chi connectivity index (χ1v) is 13.1. The standard InChI is InChI=1S/C19H22IN6OP/c20-28-25-15-4-2-13(21)10-14(15)18(22)19-23-16-3-1-12(9-17(16)24-19)11-26-5-7-27-8-6-26/h1-4,9-10,22,25,28H,5-8,11,21H2,(H,23,24). The zero-order chi connectivity index (χ0) is 19.5. The second-order valence-corrected chi connectivity index (χ2v) is 8.78. The Kier molecular flexibility index (Phi) is 6.10. The minimum atomic E-state index is 0.329. The van der Waals surface area contributed by atoms with E-state index in [1.807, 2.05) is 24.3 Å². The number of hydrogen-bond donors (Lipinski definition) is 4. The second kappa shape index (κ2) is 8.73. The van der Waals surface area contributed by atoms with E-state index >= 15 is 0 Å². The highest BCUT2D eigenvalue weighted by atomic mass is 127. The van der Waals surface area contributed by atoms with Crippen molar-refractivity contribution in [2.24, 2.45) is 0 Å². The summed E-state index contributed by atoms with van der Waals surface area (Å²) in [6, 6.07) is 11.8. The van der Waals surface area contributed by atoms with Crippen molar-refractivity contribution in [2.45, 2.75) is 6.54 Å². The number of benzene rings is 2. The van der Waals surface area contributed by atoms with Crippen molar-refractivity contribution in [1.29, 1.82) is 5.41 Å². The summed E-state index contributed by atoms with van der Waals surface area (Å²) in [7, 11) is 0. The number of nitrogen functional groups attached to an aromatic ring is 1. The molecule has 5 N–H and O–H groups in total. The largest absolute Gasteiger partial charge is 0.399 e. The lowest BCUT2D eigenvalue weighted by molar-refractivity contribution is 0.0342. The minimum absolute atomic E-state index is 0.329. The third-order valence-corrected chi connectivity index (χ3v) is 5.96. The van der Waals surface area contributed by atoms with Gasteiger partial charge in [0.25, 0.3) is 0 Å². The van der Waals surface area contributed by atoms with Crippen molar-refractivity contribution < 1.29 is 4.74 Å². The van der Waals surface area contributed by atoms with E-state index in [0.29, 0.717) is 23.6 Å². The van der Waals surface area contributed by atoms with Crippen LogP contribution in [0.3, 0.4) is 0 Å².